The summed E-state index contributed by atoms with van der Waals surface area (Å²) in [6.45, 7) is 2.86. The summed E-state index contributed by atoms with van der Waals surface area (Å²) in [7, 11) is 0. The highest BCUT2D eigenvalue weighted by Gasteiger charge is 2.18. The lowest BCUT2D eigenvalue weighted by atomic mass is 10.2. The number of nitrogens with one attached hydrogen (secondary N) is 1. The van der Waals surface area contributed by atoms with Crippen LogP contribution in [0.15, 0.2) is 47.1 Å². The number of halogens is 1. The Bertz CT molecular complexity index is 536. The normalized spacial score (nSPS) is 10.4. The topological polar surface area (TPSA) is 36.1 Å². The molecule has 1 N–H and O–H groups in total. The molecule has 0 aliphatic carbocycles. The second kappa shape index (κ2) is 6.57. The minimum Gasteiger partial charge on any atom is -0.356 e. The first kappa shape index (κ1) is 13.9. The SMILES string of the molecule is CCCCN(C(=O)c1cc(Br)c[nH]1)c1ccccc1. The van der Waals surface area contributed by atoms with Crippen molar-refractivity contribution in [3.63, 3.8) is 0 Å². The number of aromatic amines is 1. The van der Waals surface area contributed by atoms with E-state index in [1.807, 2.05) is 41.3 Å². The van der Waals surface area contributed by atoms with Crippen LogP contribution in [-0.4, -0.2) is 17.4 Å². The van der Waals surface area contributed by atoms with Crippen molar-refractivity contribution in [3.05, 3.63) is 52.8 Å². The fraction of sp³-hybridized carbons (Fsp3) is 0.267. The number of hydrogen-bond acceptors (Lipinski definition) is 1. The van der Waals surface area contributed by atoms with Gasteiger partial charge in [0.25, 0.3) is 5.91 Å². The Labute approximate surface area is 121 Å². The molecule has 0 aliphatic heterocycles. The van der Waals surface area contributed by atoms with Gasteiger partial charge in [-0.05, 0) is 40.5 Å². The molecule has 1 amide bonds. The quantitative estimate of drug-likeness (QED) is 0.879. The number of benzene rings is 1. The Balaban J connectivity index is 2.25. The first-order chi connectivity index (χ1) is 9.22. The Morgan fingerprint density at radius 3 is 2.63 bits per heavy atom. The maximum atomic E-state index is 12.5. The Hall–Kier alpha value is -1.55. The summed E-state index contributed by atoms with van der Waals surface area (Å²) < 4.78 is 0.888. The Morgan fingerprint density at radius 1 is 1.32 bits per heavy atom. The summed E-state index contributed by atoms with van der Waals surface area (Å²) in [5.74, 6) is 0.00495. The van der Waals surface area contributed by atoms with Gasteiger partial charge in [0.05, 0.1) is 0 Å². The van der Waals surface area contributed by atoms with Crippen LogP contribution < -0.4 is 4.90 Å². The Morgan fingerprint density at radius 2 is 2.05 bits per heavy atom. The zero-order chi connectivity index (χ0) is 13.7. The average molecular weight is 321 g/mol. The molecule has 0 unspecified atom stereocenters. The molecule has 1 aromatic carbocycles. The molecule has 19 heavy (non-hydrogen) atoms. The lowest BCUT2D eigenvalue weighted by Gasteiger charge is -2.22. The zero-order valence-corrected chi connectivity index (χ0v) is 12.5. The van der Waals surface area contributed by atoms with E-state index in [1.54, 1.807) is 6.20 Å². The minimum atomic E-state index is 0.00495. The third-order valence-electron chi connectivity index (χ3n) is 2.93. The van der Waals surface area contributed by atoms with Crippen molar-refractivity contribution in [3.8, 4) is 0 Å². The average Bonchev–Trinajstić information content (AvgIpc) is 2.87. The number of aromatic nitrogens is 1. The number of carbonyl (C=O) groups excluding carboxylic acids is 1. The number of para-hydroxylation sites is 1. The number of anilines is 1. The van der Waals surface area contributed by atoms with E-state index in [-0.39, 0.29) is 5.91 Å². The molecule has 3 nitrogen and oxygen atoms in total. The number of amides is 1. The van der Waals surface area contributed by atoms with E-state index in [1.165, 1.54) is 0 Å². The van der Waals surface area contributed by atoms with E-state index in [9.17, 15) is 4.79 Å². The summed E-state index contributed by atoms with van der Waals surface area (Å²) in [5, 5.41) is 0. The third-order valence-corrected chi connectivity index (χ3v) is 3.38. The van der Waals surface area contributed by atoms with Crippen LogP contribution in [-0.2, 0) is 0 Å². The van der Waals surface area contributed by atoms with Crippen LogP contribution in [0.1, 0.15) is 30.3 Å². The minimum absolute atomic E-state index is 0.00495. The van der Waals surface area contributed by atoms with Gasteiger partial charge in [-0.25, -0.2) is 0 Å². The second-order valence-corrected chi connectivity index (χ2v) is 5.29. The molecule has 0 aliphatic rings. The summed E-state index contributed by atoms with van der Waals surface area (Å²) in [5.41, 5.74) is 1.54. The van der Waals surface area contributed by atoms with Crippen molar-refractivity contribution in [1.82, 2.24) is 4.98 Å². The highest BCUT2D eigenvalue weighted by Crippen LogP contribution is 2.19. The highest BCUT2D eigenvalue weighted by molar-refractivity contribution is 9.10. The molecule has 4 heteroatoms. The van der Waals surface area contributed by atoms with Gasteiger partial charge in [0.1, 0.15) is 5.69 Å². The van der Waals surface area contributed by atoms with Crippen molar-refractivity contribution in [1.29, 1.82) is 0 Å². The second-order valence-electron chi connectivity index (χ2n) is 4.38. The molecule has 100 valence electrons. The van der Waals surface area contributed by atoms with Gasteiger partial charge in [0.15, 0.2) is 0 Å². The van der Waals surface area contributed by atoms with E-state index in [0.717, 1.165) is 29.5 Å². The van der Waals surface area contributed by atoms with Gasteiger partial charge < -0.3 is 9.88 Å². The molecule has 0 radical (unpaired) electrons. The van der Waals surface area contributed by atoms with Crippen molar-refractivity contribution in [2.75, 3.05) is 11.4 Å². The molecule has 0 spiro atoms. The number of hydrogen-bond donors (Lipinski definition) is 1. The molecule has 2 rings (SSSR count). The monoisotopic (exact) mass is 320 g/mol. The largest absolute Gasteiger partial charge is 0.356 e. The molecular formula is C15H17BrN2O. The van der Waals surface area contributed by atoms with Crippen molar-refractivity contribution in [2.24, 2.45) is 0 Å². The first-order valence-corrected chi connectivity index (χ1v) is 7.22. The van der Waals surface area contributed by atoms with Crippen LogP contribution >= 0.6 is 15.9 Å². The van der Waals surface area contributed by atoms with Crippen LogP contribution in [0.25, 0.3) is 0 Å². The van der Waals surface area contributed by atoms with E-state index in [4.69, 9.17) is 0 Å². The van der Waals surface area contributed by atoms with E-state index in [0.29, 0.717) is 5.69 Å². The number of carbonyl (C=O) groups is 1. The van der Waals surface area contributed by atoms with Crippen molar-refractivity contribution >= 4 is 27.5 Å². The van der Waals surface area contributed by atoms with Crippen LogP contribution in [0.3, 0.4) is 0 Å². The molecule has 0 atom stereocenters. The van der Waals surface area contributed by atoms with Gasteiger partial charge in [-0.15, -0.1) is 0 Å². The summed E-state index contributed by atoms with van der Waals surface area (Å²) >= 11 is 3.36. The third kappa shape index (κ3) is 3.47. The van der Waals surface area contributed by atoms with E-state index < -0.39 is 0 Å². The molecule has 0 saturated heterocycles. The molecule has 0 bridgehead atoms. The smallest absolute Gasteiger partial charge is 0.274 e. The number of unbranched alkanes of at least 4 members (excludes halogenated alkanes) is 1. The fourth-order valence-electron chi connectivity index (χ4n) is 1.91. The summed E-state index contributed by atoms with van der Waals surface area (Å²) in [4.78, 5) is 17.4. The number of nitrogens with zero attached hydrogens (tertiary/aromatic N) is 1. The van der Waals surface area contributed by atoms with Crippen molar-refractivity contribution in [2.45, 2.75) is 19.8 Å². The molecule has 1 aromatic heterocycles. The van der Waals surface area contributed by atoms with Crippen LogP contribution in [0.2, 0.25) is 0 Å². The van der Waals surface area contributed by atoms with Gasteiger partial charge in [-0.1, -0.05) is 31.5 Å². The van der Waals surface area contributed by atoms with Gasteiger partial charge >= 0.3 is 0 Å². The lowest BCUT2D eigenvalue weighted by Crippen LogP contribution is -2.32. The predicted molar refractivity (Wildman–Crippen MR) is 81.5 cm³/mol. The summed E-state index contributed by atoms with van der Waals surface area (Å²) in [6, 6.07) is 11.6. The standard InChI is InChI=1S/C15H17BrN2O/c1-2-3-9-18(13-7-5-4-6-8-13)15(19)14-10-12(16)11-17-14/h4-8,10-11,17H,2-3,9H2,1H3. The van der Waals surface area contributed by atoms with Gasteiger partial charge in [0, 0.05) is 22.9 Å². The van der Waals surface area contributed by atoms with Gasteiger partial charge in [0.2, 0.25) is 0 Å². The number of rotatable bonds is 5. The summed E-state index contributed by atoms with van der Waals surface area (Å²) in [6.07, 6.45) is 3.82. The Kier molecular flexibility index (Phi) is 4.80. The van der Waals surface area contributed by atoms with E-state index in [2.05, 4.69) is 27.8 Å². The van der Waals surface area contributed by atoms with Crippen LogP contribution in [0, 0.1) is 0 Å². The van der Waals surface area contributed by atoms with Gasteiger partial charge in [-0.2, -0.15) is 0 Å². The van der Waals surface area contributed by atoms with Crippen LogP contribution in [0.5, 0.6) is 0 Å². The maximum Gasteiger partial charge on any atom is 0.274 e. The molecule has 0 saturated carbocycles. The fourth-order valence-corrected chi connectivity index (χ4v) is 2.25. The van der Waals surface area contributed by atoms with Gasteiger partial charge in [-0.3, -0.25) is 4.79 Å². The molecule has 1 heterocycles. The highest BCUT2D eigenvalue weighted by atomic mass is 79.9. The maximum absolute atomic E-state index is 12.5. The molecular weight excluding hydrogens is 304 g/mol. The first-order valence-electron chi connectivity index (χ1n) is 6.43. The molecule has 2 aromatic rings. The lowest BCUT2D eigenvalue weighted by molar-refractivity contribution is 0.0982. The van der Waals surface area contributed by atoms with Crippen LogP contribution in [0.4, 0.5) is 5.69 Å². The van der Waals surface area contributed by atoms with Crippen molar-refractivity contribution < 1.29 is 4.79 Å². The zero-order valence-electron chi connectivity index (χ0n) is 10.9. The molecule has 0 fully saturated rings. The number of H-pyrrole nitrogens is 1. The van der Waals surface area contributed by atoms with E-state index >= 15 is 0 Å². The predicted octanol–water partition coefficient (Wildman–Crippen LogP) is 4.22.